The van der Waals surface area contributed by atoms with Gasteiger partial charge in [0, 0.05) is 11.8 Å². The molecule has 35 heavy (non-hydrogen) atoms. The summed E-state index contributed by atoms with van der Waals surface area (Å²) in [5.74, 6) is -0.316. The molecule has 1 N–H and O–H groups in total. The number of unbranched alkanes of at least 4 members (excludes halogenated alkanes) is 6. The first-order valence-electron chi connectivity index (χ1n) is 13.9. The number of alkyl halides is 1. The summed E-state index contributed by atoms with van der Waals surface area (Å²) in [6.07, 6.45) is 13.2. The average Bonchev–Trinajstić information content (AvgIpc) is 2.90. The topological polar surface area (TPSA) is 50.2 Å². The molecule has 192 valence electrons. The number of aryl methyl sites for hydroxylation is 1. The Hall–Kier alpha value is -2.07. The first-order valence-corrected chi connectivity index (χ1v) is 13.9. The maximum atomic E-state index is 14.3. The molecule has 0 radical (unpaired) electrons. The number of ketones is 1. The van der Waals surface area contributed by atoms with Gasteiger partial charge in [0.1, 0.15) is 5.60 Å². The summed E-state index contributed by atoms with van der Waals surface area (Å²) in [6.45, 7) is 4.23. The first kappa shape index (κ1) is 27.5. The number of carbonyl (C=O) groups is 1. The van der Waals surface area contributed by atoms with E-state index in [1.54, 1.807) is 0 Å². The molecule has 0 bridgehead atoms. The van der Waals surface area contributed by atoms with E-state index in [0.29, 0.717) is 38.0 Å². The van der Waals surface area contributed by atoms with E-state index in [0.717, 1.165) is 24.1 Å². The molecule has 0 amide bonds. The van der Waals surface area contributed by atoms with Crippen LogP contribution < -0.4 is 0 Å². The number of benzene rings is 1. The Morgan fingerprint density at radius 2 is 1.63 bits per heavy atom. The van der Waals surface area contributed by atoms with Crippen LogP contribution in [0.25, 0.3) is 11.3 Å². The fourth-order valence-electron chi connectivity index (χ4n) is 5.26. The van der Waals surface area contributed by atoms with Crippen molar-refractivity contribution in [3.63, 3.8) is 0 Å². The van der Waals surface area contributed by atoms with E-state index in [1.807, 2.05) is 13.1 Å². The second-order valence-corrected chi connectivity index (χ2v) is 10.5. The number of hydrogen-bond donors (Lipinski definition) is 1. The summed E-state index contributed by atoms with van der Waals surface area (Å²) in [7, 11) is 0. The van der Waals surface area contributed by atoms with Gasteiger partial charge in [-0.2, -0.15) is 0 Å². The van der Waals surface area contributed by atoms with Gasteiger partial charge >= 0.3 is 0 Å². The molecule has 0 unspecified atom stereocenters. The monoisotopic (exact) mass is 481 g/mol. The van der Waals surface area contributed by atoms with Gasteiger partial charge < -0.3 is 5.11 Å². The Kier molecular flexibility index (Phi) is 10.9. The third kappa shape index (κ3) is 7.96. The molecule has 1 saturated carbocycles. The number of nitrogens with zero attached hydrogens (tertiary/aromatic N) is 1. The summed E-state index contributed by atoms with van der Waals surface area (Å²) in [4.78, 5) is 17.2. The molecule has 1 aliphatic carbocycles. The minimum absolute atomic E-state index is 0.219. The zero-order valence-electron chi connectivity index (χ0n) is 21.8. The summed E-state index contributed by atoms with van der Waals surface area (Å²) in [6, 6.07) is 12.8. The molecule has 0 aliphatic heterocycles. The molecule has 0 saturated heterocycles. The lowest BCUT2D eigenvalue weighted by atomic mass is 9.73. The lowest BCUT2D eigenvalue weighted by molar-refractivity contribution is -0.146. The third-order valence-corrected chi connectivity index (χ3v) is 7.69. The van der Waals surface area contributed by atoms with Crippen molar-refractivity contribution in [2.45, 2.75) is 121 Å². The molecule has 1 heterocycles. The summed E-state index contributed by atoms with van der Waals surface area (Å²) in [5.41, 5.74) is 3.10. The van der Waals surface area contributed by atoms with Crippen molar-refractivity contribution >= 4 is 5.78 Å². The number of aromatic nitrogens is 1. The molecule has 1 atom stereocenters. The number of rotatable bonds is 14. The zero-order chi connectivity index (χ0) is 25.1. The average molecular weight is 482 g/mol. The molecular formula is C31H44FNO2. The predicted molar refractivity (Wildman–Crippen MR) is 142 cm³/mol. The van der Waals surface area contributed by atoms with Gasteiger partial charge in [-0.25, -0.2) is 4.39 Å². The normalized spacial score (nSPS) is 21.1. The summed E-state index contributed by atoms with van der Waals surface area (Å²) < 4.78 is 14.3. The highest BCUT2D eigenvalue weighted by atomic mass is 19.1. The molecule has 1 aromatic heterocycles. The number of aliphatic hydroxyl groups is 1. The smallest absolute Gasteiger partial charge is 0.198 e. The maximum absolute atomic E-state index is 14.3. The molecule has 1 fully saturated rings. The van der Waals surface area contributed by atoms with Crippen LogP contribution in [-0.4, -0.2) is 27.6 Å². The van der Waals surface area contributed by atoms with Crippen LogP contribution in [-0.2, 0) is 11.2 Å². The van der Waals surface area contributed by atoms with Gasteiger partial charge in [0.2, 0.25) is 0 Å². The van der Waals surface area contributed by atoms with Gasteiger partial charge in [-0.05, 0) is 68.1 Å². The molecule has 0 spiro atoms. The maximum Gasteiger partial charge on any atom is 0.198 e. The van der Waals surface area contributed by atoms with E-state index in [4.69, 9.17) is 0 Å². The van der Waals surface area contributed by atoms with E-state index in [1.165, 1.54) is 49.7 Å². The van der Waals surface area contributed by atoms with Crippen LogP contribution in [0.1, 0.15) is 114 Å². The van der Waals surface area contributed by atoms with Gasteiger partial charge in [-0.1, -0.05) is 89.1 Å². The van der Waals surface area contributed by atoms with Gasteiger partial charge in [0.25, 0.3) is 0 Å². The third-order valence-electron chi connectivity index (χ3n) is 7.69. The lowest BCUT2D eigenvalue weighted by Gasteiger charge is -2.35. The lowest BCUT2D eigenvalue weighted by Crippen LogP contribution is -2.46. The summed E-state index contributed by atoms with van der Waals surface area (Å²) >= 11 is 0. The fraction of sp³-hybridized carbons (Fsp3) is 0.613. The van der Waals surface area contributed by atoms with E-state index >= 15 is 0 Å². The van der Waals surface area contributed by atoms with E-state index in [-0.39, 0.29) is 6.42 Å². The Bertz CT molecular complexity index is 885. The van der Waals surface area contributed by atoms with Crippen LogP contribution in [0.15, 0.2) is 42.6 Å². The van der Waals surface area contributed by atoms with Crippen LogP contribution in [0.4, 0.5) is 4.39 Å². The van der Waals surface area contributed by atoms with Crippen LogP contribution in [0, 0.1) is 0 Å². The highest BCUT2D eigenvalue weighted by Gasteiger charge is 2.43. The molecule has 2 aromatic rings. The van der Waals surface area contributed by atoms with Crippen molar-refractivity contribution < 1.29 is 14.3 Å². The van der Waals surface area contributed by atoms with Gasteiger partial charge in [0.05, 0.1) is 5.69 Å². The minimum Gasteiger partial charge on any atom is -0.382 e. The van der Waals surface area contributed by atoms with Crippen molar-refractivity contribution in [3.8, 4) is 11.3 Å². The van der Waals surface area contributed by atoms with E-state index < -0.39 is 17.6 Å². The second kappa shape index (κ2) is 13.9. The van der Waals surface area contributed by atoms with Gasteiger partial charge in [-0.15, -0.1) is 0 Å². The molecule has 3 nitrogen and oxygen atoms in total. The molecule has 4 heteroatoms. The predicted octanol–water partition coefficient (Wildman–Crippen LogP) is 8.14. The van der Waals surface area contributed by atoms with Crippen LogP contribution in [0.5, 0.6) is 0 Å². The summed E-state index contributed by atoms with van der Waals surface area (Å²) in [5, 5.41) is 10.8. The molecule has 1 aliphatic rings. The standard InChI is InChI=1S/C31H44FNO2/c1-3-5-7-8-9-10-11-24-13-18-29(33-23-24)27-16-14-25(15-17-27)26-19-21-31(35,22-20-26)30(34)28(32)12-6-4-2/h13-18,23,26,28,35H,3-12,19-22H2,1-2H3/t26-,28-,31-/m0/s1. The first-order chi connectivity index (χ1) is 17.0. The molecule has 1 aromatic carbocycles. The molecule has 3 rings (SSSR count). The quantitative estimate of drug-likeness (QED) is 0.277. The van der Waals surface area contributed by atoms with Crippen molar-refractivity contribution in [3.05, 3.63) is 53.7 Å². The number of halogens is 1. The number of carbonyl (C=O) groups excluding carboxylic acids is 1. The Balaban J connectivity index is 1.49. The second-order valence-electron chi connectivity index (χ2n) is 10.5. The molecular weight excluding hydrogens is 437 g/mol. The van der Waals surface area contributed by atoms with Crippen molar-refractivity contribution in [2.24, 2.45) is 0 Å². The van der Waals surface area contributed by atoms with Crippen LogP contribution >= 0.6 is 0 Å². The van der Waals surface area contributed by atoms with Crippen LogP contribution in [0.2, 0.25) is 0 Å². The van der Waals surface area contributed by atoms with Crippen molar-refractivity contribution in [1.82, 2.24) is 4.98 Å². The fourth-order valence-corrected chi connectivity index (χ4v) is 5.26. The largest absolute Gasteiger partial charge is 0.382 e. The Morgan fingerprint density at radius 3 is 2.26 bits per heavy atom. The SMILES string of the molecule is CCCCCCCCc1ccc(-c2ccc([C@H]3CC[C@@](O)(C(=O)[C@@H](F)CCCC)CC3)cc2)nc1. The number of pyridine rings is 1. The van der Waals surface area contributed by atoms with Crippen LogP contribution in [0.3, 0.4) is 0 Å². The Morgan fingerprint density at radius 1 is 0.971 bits per heavy atom. The van der Waals surface area contributed by atoms with Crippen molar-refractivity contribution in [2.75, 3.05) is 0 Å². The van der Waals surface area contributed by atoms with Gasteiger partial charge in [-0.3, -0.25) is 9.78 Å². The van der Waals surface area contributed by atoms with E-state index in [2.05, 4.69) is 48.3 Å². The zero-order valence-corrected chi connectivity index (χ0v) is 21.8. The van der Waals surface area contributed by atoms with Gasteiger partial charge in [0.15, 0.2) is 12.0 Å². The highest BCUT2D eigenvalue weighted by Crippen LogP contribution is 2.40. The minimum atomic E-state index is -1.54. The Labute approximate surface area is 211 Å². The van der Waals surface area contributed by atoms with E-state index in [9.17, 15) is 14.3 Å². The number of Topliss-reactive ketones (excluding diaryl/α,β-unsaturated/α-hetero) is 1. The number of hydrogen-bond acceptors (Lipinski definition) is 3. The highest BCUT2D eigenvalue weighted by molar-refractivity contribution is 5.91. The van der Waals surface area contributed by atoms with Crippen molar-refractivity contribution in [1.29, 1.82) is 0 Å².